The Morgan fingerprint density at radius 2 is 1.14 bits per heavy atom. The fourth-order valence-corrected chi connectivity index (χ4v) is 3.99. The van der Waals surface area contributed by atoms with Gasteiger partial charge >= 0.3 is 18.0 Å². The van der Waals surface area contributed by atoms with Crippen molar-refractivity contribution in [2.75, 3.05) is 13.2 Å². The van der Waals surface area contributed by atoms with Crippen LogP contribution in [-0.4, -0.2) is 13.2 Å². The van der Waals surface area contributed by atoms with Crippen molar-refractivity contribution in [2.24, 2.45) is 0 Å². The van der Waals surface area contributed by atoms with Crippen LogP contribution in [-0.2, 0) is 18.0 Å². The highest BCUT2D eigenvalue weighted by atomic mass is 19.3. The number of ether oxygens (including phenoxy) is 3. The second-order valence-corrected chi connectivity index (χ2v) is 7.88. The molecule has 0 atom stereocenters. The van der Waals surface area contributed by atoms with Gasteiger partial charge in [-0.1, -0.05) is 0 Å². The van der Waals surface area contributed by atoms with Crippen LogP contribution in [0.5, 0.6) is 17.2 Å². The molecule has 0 N–H and O–H groups in total. The predicted octanol–water partition coefficient (Wildman–Crippen LogP) is 7.89. The lowest BCUT2D eigenvalue weighted by Crippen LogP contribution is -2.41. The molecular formula is C25H17F9O3. The van der Waals surface area contributed by atoms with Gasteiger partial charge in [-0.15, -0.1) is 0 Å². The second kappa shape index (κ2) is 9.07. The summed E-state index contributed by atoms with van der Waals surface area (Å²) in [5, 5.41) is 0. The van der Waals surface area contributed by atoms with Gasteiger partial charge in [0.2, 0.25) is 0 Å². The monoisotopic (exact) mass is 536 g/mol. The minimum atomic E-state index is -5.37. The van der Waals surface area contributed by atoms with Crippen molar-refractivity contribution >= 4 is 0 Å². The third kappa shape index (κ3) is 4.11. The first kappa shape index (κ1) is 26.5. The number of rotatable bonds is 7. The molecule has 0 radical (unpaired) electrons. The Morgan fingerprint density at radius 1 is 0.676 bits per heavy atom. The van der Waals surface area contributed by atoms with E-state index in [0.29, 0.717) is 24.3 Å². The average Bonchev–Trinajstić information content (AvgIpc) is 2.81. The number of benzene rings is 3. The molecule has 0 aliphatic heterocycles. The summed E-state index contributed by atoms with van der Waals surface area (Å²) in [6.07, 6.45) is -4.47. The van der Waals surface area contributed by atoms with Gasteiger partial charge < -0.3 is 14.2 Å². The van der Waals surface area contributed by atoms with Crippen molar-refractivity contribution in [2.45, 2.75) is 31.8 Å². The Kier molecular flexibility index (Phi) is 6.49. The molecular weight excluding hydrogens is 519 g/mol. The van der Waals surface area contributed by atoms with Crippen LogP contribution in [0.25, 0.3) is 11.1 Å². The smallest absolute Gasteiger partial charge is 0.426 e. The quantitative estimate of drug-likeness (QED) is 0.288. The van der Waals surface area contributed by atoms with E-state index in [1.165, 1.54) is 13.8 Å². The van der Waals surface area contributed by atoms with E-state index in [1.807, 2.05) is 0 Å². The molecule has 0 amide bonds. The zero-order chi connectivity index (χ0) is 27.3. The van der Waals surface area contributed by atoms with Crippen LogP contribution in [0.3, 0.4) is 0 Å². The highest BCUT2D eigenvalue weighted by Crippen LogP contribution is 2.60. The fraction of sp³-hybridized carbons (Fsp3) is 0.280. The van der Waals surface area contributed by atoms with Crippen molar-refractivity contribution in [3.63, 3.8) is 0 Å². The van der Waals surface area contributed by atoms with Crippen LogP contribution >= 0.6 is 0 Å². The maximum atomic E-state index is 15.2. The predicted molar refractivity (Wildman–Crippen MR) is 113 cm³/mol. The summed E-state index contributed by atoms with van der Waals surface area (Å²) in [7, 11) is 0. The van der Waals surface area contributed by atoms with E-state index >= 15 is 13.2 Å². The van der Waals surface area contributed by atoms with Gasteiger partial charge in [-0.3, -0.25) is 0 Å². The first-order valence-corrected chi connectivity index (χ1v) is 10.8. The van der Waals surface area contributed by atoms with Crippen LogP contribution in [0.15, 0.2) is 42.5 Å². The van der Waals surface area contributed by atoms with Gasteiger partial charge in [-0.25, -0.2) is 13.2 Å². The van der Waals surface area contributed by atoms with Gasteiger partial charge in [-0.2, -0.15) is 26.3 Å². The molecule has 0 spiro atoms. The highest BCUT2D eigenvalue weighted by Gasteiger charge is 2.65. The first-order valence-electron chi connectivity index (χ1n) is 10.8. The molecule has 1 aliphatic carbocycles. The topological polar surface area (TPSA) is 27.7 Å². The lowest BCUT2D eigenvalue weighted by molar-refractivity contribution is -0.228. The fourth-order valence-electron chi connectivity index (χ4n) is 3.99. The van der Waals surface area contributed by atoms with E-state index in [9.17, 15) is 26.3 Å². The largest absolute Gasteiger partial charge is 0.491 e. The number of alkyl halides is 6. The van der Waals surface area contributed by atoms with Crippen molar-refractivity contribution < 1.29 is 53.7 Å². The van der Waals surface area contributed by atoms with Crippen LogP contribution in [0.4, 0.5) is 39.5 Å². The minimum Gasteiger partial charge on any atom is -0.491 e. The number of hydrogen-bond donors (Lipinski definition) is 0. The standard InChI is InChI=1S/C25H17F9O3/c1-3-35-16-8-5-12(11-15(16)26)25(33,34)37-18-10-7-14-13-6-9-17(36-4-2)21(27)19(13)23(29,30)24(31,32)20(14)22(18)28/h5-11H,3-4H2,1-2H3. The molecule has 3 aromatic rings. The molecule has 198 valence electrons. The summed E-state index contributed by atoms with van der Waals surface area (Å²) >= 11 is 0. The van der Waals surface area contributed by atoms with Crippen molar-refractivity contribution in [3.8, 4) is 28.4 Å². The molecule has 4 rings (SSSR count). The SMILES string of the molecule is CCOc1ccc(C(F)(F)Oc2ccc3c(c2F)C(F)(F)C(F)(F)c2c-3ccc(OCC)c2F)cc1F. The zero-order valence-electron chi connectivity index (χ0n) is 19.1. The van der Waals surface area contributed by atoms with E-state index in [-0.39, 0.29) is 19.0 Å². The molecule has 0 fully saturated rings. The Hall–Kier alpha value is -3.57. The van der Waals surface area contributed by atoms with Crippen LogP contribution in [0.1, 0.15) is 30.5 Å². The molecule has 0 bridgehead atoms. The summed E-state index contributed by atoms with van der Waals surface area (Å²) in [4.78, 5) is 0. The molecule has 12 heteroatoms. The van der Waals surface area contributed by atoms with Gasteiger partial charge in [0, 0.05) is 0 Å². The third-order valence-corrected chi connectivity index (χ3v) is 5.63. The Balaban J connectivity index is 1.82. The Morgan fingerprint density at radius 3 is 1.65 bits per heavy atom. The summed E-state index contributed by atoms with van der Waals surface area (Å²) in [5.41, 5.74) is -6.44. The molecule has 3 nitrogen and oxygen atoms in total. The Labute approximate surface area is 204 Å². The minimum absolute atomic E-state index is 0.0301. The summed E-state index contributed by atoms with van der Waals surface area (Å²) in [5.74, 6) is -18.4. The van der Waals surface area contributed by atoms with E-state index in [0.717, 1.165) is 18.2 Å². The maximum Gasteiger partial charge on any atom is 0.426 e. The molecule has 0 aromatic heterocycles. The van der Waals surface area contributed by atoms with E-state index < -0.39 is 74.7 Å². The third-order valence-electron chi connectivity index (χ3n) is 5.63. The second-order valence-electron chi connectivity index (χ2n) is 7.88. The summed E-state index contributed by atoms with van der Waals surface area (Å²) in [6.45, 7) is 2.81. The highest BCUT2D eigenvalue weighted by molar-refractivity contribution is 5.78. The number of hydrogen-bond acceptors (Lipinski definition) is 3. The number of fused-ring (bicyclic) bond motifs is 3. The average molecular weight is 536 g/mol. The van der Waals surface area contributed by atoms with E-state index in [4.69, 9.17) is 9.47 Å². The molecule has 1 aliphatic rings. The zero-order valence-corrected chi connectivity index (χ0v) is 19.1. The van der Waals surface area contributed by atoms with Gasteiger partial charge in [0.15, 0.2) is 34.7 Å². The molecule has 37 heavy (non-hydrogen) atoms. The van der Waals surface area contributed by atoms with Gasteiger partial charge in [0.25, 0.3) is 0 Å². The van der Waals surface area contributed by atoms with Crippen LogP contribution < -0.4 is 14.2 Å². The van der Waals surface area contributed by atoms with E-state index in [2.05, 4.69) is 4.74 Å². The van der Waals surface area contributed by atoms with Gasteiger partial charge in [0.05, 0.1) is 29.9 Å². The first-order chi connectivity index (χ1) is 17.3. The van der Waals surface area contributed by atoms with Crippen molar-refractivity contribution in [1.82, 2.24) is 0 Å². The van der Waals surface area contributed by atoms with Crippen molar-refractivity contribution in [3.05, 3.63) is 76.6 Å². The molecule has 0 heterocycles. The molecule has 0 saturated carbocycles. The van der Waals surface area contributed by atoms with Crippen LogP contribution in [0, 0.1) is 17.5 Å². The molecule has 0 saturated heterocycles. The molecule has 0 unspecified atom stereocenters. The summed E-state index contributed by atoms with van der Waals surface area (Å²) < 4.78 is 147. The Bertz CT molecular complexity index is 1360. The van der Waals surface area contributed by atoms with Crippen molar-refractivity contribution in [1.29, 1.82) is 0 Å². The number of halogens is 9. The lowest BCUT2D eigenvalue weighted by atomic mass is 9.79. The summed E-state index contributed by atoms with van der Waals surface area (Å²) in [6, 6.07) is 4.75. The molecule has 3 aromatic carbocycles. The lowest BCUT2D eigenvalue weighted by Gasteiger charge is -2.35. The van der Waals surface area contributed by atoms with Gasteiger partial charge in [0.1, 0.15) is 0 Å². The normalized spacial score (nSPS) is 15.5. The van der Waals surface area contributed by atoms with Crippen LogP contribution in [0.2, 0.25) is 0 Å². The van der Waals surface area contributed by atoms with Gasteiger partial charge in [-0.05, 0) is 67.4 Å². The maximum absolute atomic E-state index is 15.2. The van der Waals surface area contributed by atoms with E-state index in [1.54, 1.807) is 0 Å².